The molecule has 0 radical (unpaired) electrons. The van der Waals surface area contributed by atoms with Crippen LogP contribution < -0.4 is 0 Å². The van der Waals surface area contributed by atoms with Gasteiger partial charge < -0.3 is 9.14 Å². The maximum absolute atomic E-state index is 11.6. The number of esters is 1. The number of nitrogens with zero attached hydrogens (tertiary/aromatic N) is 2. The Kier molecular flexibility index (Phi) is 3.69. The fraction of sp³-hybridized carbons (Fsp3) is 0.176. The highest BCUT2D eigenvalue weighted by molar-refractivity contribution is 5.89. The van der Waals surface area contributed by atoms with Crippen molar-refractivity contribution < 1.29 is 9.53 Å². The van der Waals surface area contributed by atoms with Gasteiger partial charge in [0.05, 0.1) is 24.4 Å². The summed E-state index contributed by atoms with van der Waals surface area (Å²) in [6, 6.07) is 13.9. The van der Waals surface area contributed by atoms with Gasteiger partial charge in [-0.05, 0) is 24.1 Å². The van der Waals surface area contributed by atoms with Crippen molar-refractivity contribution in [1.82, 2.24) is 9.38 Å². The first-order valence-electron chi connectivity index (χ1n) is 6.86. The minimum Gasteiger partial charge on any atom is -0.465 e. The molecule has 0 saturated heterocycles. The minimum atomic E-state index is -0.334. The molecule has 0 bridgehead atoms. The van der Waals surface area contributed by atoms with E-state index in [0.717, 1.165) is 24.2 Å². The summed E-state index contributed by atoms with van der Waals surface area (Å²) in [5.41, 5.74) is 2.79. The SMILES string of the molecule is COC(=O)c1ccc2cnc(CCc3ccccc3)n2c1. The number of pyridine rings is 1. The van der Waals surface area contributed by atoms with Gasteiger partial charge in [0.2, 0.25) is 0 Å². The summed E-state index contributed by atoms with van der Waals surface area (Å²) in [6.45, 7) is 0. The summed E-state index contributed by atoms with van der Waals surface area (Å²) >= 11 is 0. The lowest BCUT2D eigenvalue weighted by Gasteiger charge is -2.04. The molecule has 106 valence electrons. The average Bonchev–Trinajstić information content (AvgIpc) is 2.95. The van der Waals surface area contributed by atoms with Gasteiger partial charge in [0.25, 0.3) is 0 Å². The smallest absolute Gasteiger partial charge is 0.339 e. The normalized spacial score (nSPS) is 10.7. The molecule has 21 heavy (non-hydrogen) atoms. The molecular formula is C17H16N2O2. The molecule has 0 atom stereocenters. The quantitative estimate of drug-likeness (QED) is 0.690. The third kappa shape index (κ3) is 2.79. The molecule has 0 amide bonds. The van der Waals surface area contributed by atoms with Crippen LogP contribution in [0.25, 0.3) is 5.52 Å². The topological polar surface area (TPSA) is 43.6 Å². The Morgan fingerprint density at radius 1 is 1.14 bits per heavy atom. The van der Waals surface area contributed by atoms with E-state index in [1.54, 1.807) is 12.3 Å². The van der Waals surface area contributed by atoms with Crippen LogP contribution in [0.2, 0.25) is 0 Å². The summed E-state index contributed by atoms with van der Waals surface area (Å²) in [7, 11) is 1.39. The lowest BCUT2D eigenvalue weighted by Crippen LogP contribution is -2.04. The van der Waals surface area contributed by atoms with Crippen LogP contribution in [-0.4, -0.2) is 22.5 Å². The third-order valence-corrected chi connectivity index (χ3v) is 3.51. The first kappa shape index (κ1) is 13.4. The van der Waals surface area contributed by atoms with Crippen LogP contribution in [0.15, 0.2) is 54.9 Å². The number of benzene rings is 1. The number of aryl methyl sites for hydroxylation is 2. The van der Waals surface area contributed by atoms with Crippen LogP contribution >= 0.6 is 0 Å². The summed E-state index contributed by atoms with van der Waals surface area (Å²) in [5, 5.41) is 0. The molecule has 0 spiro atoms. The van der Waals surface area contributed by atoms with E-state index in [9.17, 15) is 4.79 Å². The van der Waals surface area contributed by atoms with E-state index < -0.39 is 0 Å². The molecule has 2 aromatic heterocycles. The van der Waals surface area contributed by atoms with E-state index in [1.807, 2.05) is 34.9 Å². The zero-order valence-corrected chi connectivity index (χ0v) is 11.8. The van der Waals surface area contributed by atoms with E-state index in [0.29, 0.717) is 5.56 Å². The highest BCUT2D eigenvalue weighted by atomic mass is 16.5. The van der Waals surface area contributed by atoms with Crippen LogP contribution in [0, 0.1) is 0 Å². The number of hydrogen-bond acceptors (Lipinski definition) is 3. The number of fused-ring (bicyclic) bond motifs is 1. The lowest BCUT2D eigenvalue weighted by molar-refractivity contribution is 0.0600. The van der Waals surface area contributed by atoms with Crippen LogP contribution in [0.3, 0.4) is 0 Å². The van der Waals surface area contributed by atoms with Gasteiger partial charge >= 0.3 is 5.97 Å². The Labute approximate surface area is 123 Å². The monoisotopic (exact) mass is 280 g/mol. The van der Waals surface area contributed by atoms with Crippen molar-refractivity contribution in [2.45, 2.75) is 12.8 Å². The first-order valence-corrected chi connectivity index (χ1v) is 6.86. The number of carbonyl (C=O) groups is 1. The first-order chi connectivity index (χ1) is 10.3. The van der Waals surface area contributed by atoms with E-state index in [-0.39, 0.29) is 5.97 Å². The Balaban J connectivity index is 1.86. The van der Waals surface area contributed by atoms with Gasteiger partial charge in [-0.2, -0.15) is 0 Å². The third-order valence-electron chi connectivity index (χ3n) is 3.51. The second-order valence-electron chi connectivity index (χ2n) is 4.86. The van der Waals surface area contributed by atoms with Gasteiger partial charge in [-0.3, -0.25) is 0 Å². The lowest BCUT2D eigenvalue weighted by atomic mass is 10.1. The number of methoxy groups -OCH3 is 1. The number of rotatable bonds is 4. The van der Waals surface area contributed by atoms with E-state index >= 15 is 0 Å². The molecule has 2 heterocycles. The Morgan fingerprint density at radius 2 is 1.95 bits per heavy atom. The van der Waals surface area contributed by atoms with E-state index in [2.05, 4.69) is 17.1 Å². The highest BCUT2D eigenvalue weighted by Crippen LogP contribution is 2.12. The van der Waals surface area contributed by atoms with Gasteiger partial charge in [0, 0.05) is 12.6 Å². The highest BCUT2D eigenvalue weighted by Gasteiger charge is 2.09. The van der Waals surface area contributed by atoms with Crippen LogP contribution in [0.4, 0.5) is 0 Å². The van der Waals surface area contributed by atoms with Gasteiger partial charge in [-0.25, -0.2) is 9.78 Å². The average molecular weight is 280 g/mol. The predicted octanol–water partition coefficient (Wildman–Crippen LogP) is 2.91. The number of aromatic nitrogens is 2. The second kappa shape index (κ2) is 5.79. The van der Waals surface area contributed by atoms with Crippen molar-refractivity contribution in [2.24, 2.45) is 0 Å². The molecule has 0 unspecified atom stereocenters. The molecule has 0 aliphatic carbocycles. The van der Waals surface area contributed by atoms with Gasteiger partial charge in [0.1, 0.15) is 5.82 Å². The molecule has 4 heteroatoms. The maximum atomic E-state index is 11.6. The van der Waals surface area contributed by atoms with Crippen LogP contribution in [0.5, 0.6) is 0 Å². The molecular weight excluding hydrogens is 264 g/mol. The Morgan fingerprint density at radius 3 is 2.71 bits per heavy atom. The van der Waals surface area contributed by atoms with Crippen LogP contribution in [-0.2, 0) is 17.6 Å². The number of ether oxygens (including phenoxy) is 1. The number of hydrogen-bond donors (Lipinski definition) is 0. The van der Waals surface area contributed by atoms with Crippen molar-refractivity contribution in [1.29, 1.82) is 0 Å². The molecule has 1 aromatic carbocycles. The molecule has 3 rings (SSSR count). The fourth-order valence-corrected chi connectivity index (χ4v) is 2.37. The van der Waals surface area contributed by atoms with Crippen LogP contribution in [0.1, 0.15) is 21.7 Å². The standard InChI is InChI=1S/C17H16N2O2/c1-21-17(20)14-8-9-15-11-18-16(19(15)12-14)10-7-13-5-3-2-4-6-13/h2-6,8-9,11-12H,7,10H2,1H3. The van der Waals surface area contributed by atoms with E-state index in [1.165, 1.54) is 12.7 Å². The van der Waals surface area contributed by atoms with Gasteiger partial charge in [0.15, 0.2) is 0 Å². The molecule has 0 aliphatic heterocycles. The minimum absolute atomic E-state index is 0.334. The zero-order valence-electron chi connectivity index (χ0n) is 11.8. The largest absolute Gasteiger partial charge is 0.465 e. The van der Waals surface area contributed by atoms with Crippen molar-refractivity contribution >= 4 is 11.5 Å². The fourth-order valence-electron chi connectivity index (χ4n) is 2.37. The summed E-state index contributed by atoms with van der Waals surface area (Å²) in [4.78, 5) is 16.1. The molecule has 3 aromatic rings. The van der Waals surface area contributed by atoms with E-state index in [4.69, 9.17) is 4.74 Å². The summed E-state index contributed by atoms with van der Waals surface area (Å²) in [5.74, 6) is 0.610. The number of imidazole rings is 1. The van der Waals surface area contributed by atoms with Crippen molar-refractivity contribution in [2.75, 3.05) is 7.11 Å². The number of carbonyl (C=O) groups excluding carboxylic acids is 1. The maximum Gasteiger partial charge on any atom is 0.339 e. The molecule has 0 N–H and O–H groups in total. The van der Waals surface area contributed by atoms with Crippen molar-refractivity contribution in [3.63, 3.8) is 0 Å². The second-order valence-corrected chi connectivity index (χ2v) is 4.86. The molecule has 4 nitrogen and oxygen atoms in total. The molecule has 0 fully saturated rings. The summed E-state index contributed by atoms with van der Waals surface area (Å²) in [6.07, 6.45) is 5.35. The Hall–Kier alpha value is -2.62. The Bertz CT molecular complexity index is 763. The van der Waals surface area contributed by atoms with Gasteiger partial charge in [-0.1, -0.05) is 30.3 Å². The zero-order chi connectivity index (χ0) is 14.7. The van der Waals surface area contributed by atoms with Crippen molar-refractivity contribution in [3.8, 4) is 0 Å². The predicted molar refractivity (Wildman–Crippen MR) is 80.4 cm³/mol. The van der Waals surface area contributed by atoms with Gasteiger partial charge in [-0.15, -0.1) is 0 Å². The molecule has 0 saturated carbocycles. The summed E-state index contributed by atoms with van der Waals surface area (Å²) < 4.78 is 6.71. The molecule has 0 aliphatic rings. The van der Waals surface area contributed by atoms with Crippen molar-refractivity contribution in [3.05, 3.63) is 71.8 Å².